The van der Waals surface area contributed by atoms with Gasteiger partial charge in [-0.1, -0.05) is 58.0 Å². The monoisotopic (exact) mass is 513 g/mol. The minimum atomic E-state index is -1.01. The third-order valence-corrected chi connectivity index (χ3v) is 7.41. The molecule has 5 nitrogen and oxygen atoms in total. The van der Waals surface area contributed by atoms with E-state index in [2.05, 4.69) is 33.0 Å². The van der Waals surface area contributed by atoms with E-state index >= 15 is 0 Å². The fourth-order valence-corrected chi connectivity index (χ4v) is 4.98. The Hall–Kier alpha value is -4.06. The van der Waals surface area contributed by atoms with Gasteiger partial charge in [-0.3, -0.25) is 9.59 Å². The molecular weight excluding hydrogens is 481 g/mol. The highest BCUT2D eigenvalue weighted by Crippen LogP contribution is 2.49. The van der Waals surface area contributed by atoms with Gasteiger partial charge in [-0.2, -0.15) is 0 Å². The van der Waals surface area contributed by atoms with E-state index < -0.39 is 12.6 Å². The van der Waals surface area contributed by atoms with Gasteiger partial charge < -0.3 is 10.4 Å². The van der Waals surface area contributed by atoms with Crippen molar-refractivity contribution in [3.63, 3.8) is 0 Å². The number of hydrogen-bond donors (Lipinski definition) is 2. The van der Waals surface area contributed by atoms with Crippen LogP contribution in [0.1, 0.15) is 93.9 Å². The number of halogens is 1. The zero-order valence-corrected chi connectivity index (χ0v) is 22.1. The van der Waals surface area contributed by atoms with Crippen molar-refractivity contribution in [1.82, 2.24) is 0 Å². The highest BCUT2D eigenvalue weighted by molar-refractivity contribution is 6.09. The summed E-state index contributed by atoms with van der Waals surface area (Å²) in [5, 5.41) is 12.1. The van der Waals surface area contributed by atoms with Crippen LogP contribution in [0.5, 0.6) is 0 Å². The lowest BCUT2D eigenvalue weighted by Gasteiger charge is -2.43. The van der Waals surface area contributed by atoms with Gasteiger partial charge in [0.05, 0.1) is 5.56 Å². The molecule has 0 unspecified atom stereocenters. The van der Waals surface area contributed by atoms with Gasteiger partial charge in [-0.05, 0) is 88.4 Å². The molecule has 3 aromatic carbocycles. The topological polar surface area (TPSA) is 83.5 Å². The molecule has 2 N–H and O–H groups in total. The van der Waals surface area contributed by atoms with E-state index in [0.29, 0.717) is 27.9 Å². The summed E-state index contributed by atoms with van der Waals surface area (Å²) < 4.78 is 12.9. The van der Waals surface area contributed by atoms with E-state index in [-0.39, 0.29) is 28.1 Å². The first kappa shape index (κ1) is 27.0. The number of nitrogens with one attached hydrogen (secondary N) is 1. The number of amides is 1. The van der Waals surface area contributed by atoms with Crippen molar-refractivity contribution in [2.24, 2.45) is 0 Å². The van der Waals surface area contributed by atoms with Crippen molar-refractivity contribution >= 4 is 29.4 Å². The van der Waals surface area contributed by atoms with Crippen LogP contribution in [0.2, 0.25) is 0 Å². The third-order valence-electron chi connectivity index (χ3n) is 7.41. The number of anilines is 1. The van der Waals surface area contributed by atoms with E-state index in [0.717, 1.165) is 24.0 Å². The lowest BCUT2D eigenvalue weighted by atomic mass is 9.62. The van der Waals surface area contributed by atoms with Gasteiger partial charge in [-0.25, -0.2) is 9.18 Å². The van der Waals surface area contributed by atoms with Gasteiger partial charge in [0.1, 0.15) is 6.67 Å². The zero-order valence-electron chi connectivity index (χ0n) is 22.1. The molecule has 6 heteroatoms. The maximum atomic E-state index is 13.3. The second-order valence-corrected chi connectivity index (χ2v) is 11.1. The maximum absolute atomic E-state index is 13.3. The molecule has 0 radical (unpaired) electrons. The molecule has 0 aromatic heterocycles. The number of alkyl halides is 1. The quantitative estimate of drug-likeness (QED) is 0.256. The Labute approximate surface area is 222 Å². The number of carboxylic acids is 1. The van der Waals surface area contributed by atoms with Gasteiger partial charge in [0.2, 0.25) is 0 Å². The van der Waals surface area contributed by atoms with Crippen LogP contribution in [0.3, 0.4) is 0 Å². The molecule has 4 rings (SSSR count). The molecule has 0 aliphatic heterocycles. The molecule has 0 bridgehead atoms. The highest BCUT2D eigenvalue weighted by Gasteiger charge is 2.39. The third kappa shape index (κ3) is 5.59. The number of hydrogen-bond acceptors (Lipinski definition) is 3. The summed E-state index contributed by atoms with van der Waals surface area (Å²) in [6.07, 6.45) is 4.97. The van der Waals surface area contributed by atoms with Gasteiger partial charge in [-0.15, -0.1) is 0 Å². The molecule has 0 spiro atoms. The molecule has 196 valence electrons. The van der Waals surface area contributed by atoms with Crippen LogP contribution in [-0.4, -0.2) is 22.8 Å². The van der Waals surface area contributed by atoms with Crippen LogP contribution in [0.4, 0.5) is 10.1 Å². The number of aromatic carboxylic acids is 1. The van der Waals surface area contributed by atoms with E-state index in [4.69, 9.17) is 5.11 Å². The van der Waals surface area contributed by atoms with Crippen molar-refractivity contribution in [2.45, 2.75) is 58.0 Å². The number of rotatable bonds is 7. The second kappa shape index (κ2) is 10.4. The van der Waals surface area contributed by atoms with Crippen LogP contribution < -0.4 is 5.32 Å². The molecule has 38 heavy (non-hydrogen) atoms. The van der Waals surface area contributed by atoms with Crippen LogP contribution in [-0.2, 0) is 17.5 Å². The van der Waals surface area contributed by atoms with Gasteiger partial charge in [0.25, 0.3) is 5.91 Å². The number of fused-ring (bicyclic) bond motifs is 1. The first-order valence-corrected chi connectivity index (χ1v) is 12.6. The number of carbonyl (C=O) groups excluding carboxylic acids is 2. The highest BCUT2D eigenvalue weighted by atomic mass is 19.1. The molecule has 0 saturated carbocycles. The Morgan fingerprint density at radius 2 is 1.47 bits per heavy atom. The van der Waals surface area contributed by atoms with E-state index in [1.807, 2.05) is 6.07 Å². The summed E-state index contributed by atoms with van der Waals surface area (Å²) in [6.45, 7) is 8.00. The number of allylic oxidation sites excluding steroid dienone is 1. The minimum Gasteiger partial charge on any atom is -0.478 e. The summed E-state index contributed by atoms with van der Waals surface area (Å²) in [5.41, 5.74) is 4.48. The Morgan fingerprint density at radius 3 is 2.08 bits per heavy atom. The van der Waals surface area contributed by atoms with Gasteiger partial charge in [0, 0.05) is 16.8 Å². The Balaban J connectivity index is 1.73. The molecule has 1 aliphatic carbocycles. The lowest BCUT2D eigenvalue weighted by Crippen LogP contribution is -2.35. The van der Waals surface area contributed by atoms with Crippen LogP contribution in [0, 0.1) is 0 Å². The summed E-state index contributed by atoms with van der Waals surface area (Å²) in [4.78, 5) is 37.6. The first-order valence-electron chi connectivity index (χ1n) is 12.6. The zero-order chi connectivity index (χ0) is 27.7. The summed E-state index contributed by atoms with van der Waals surface area (Å²) >= 11 is 0. The van der Waals surface area contributed by atoms with Crippen molar-refractivity contribution in [2.75, 3.05) is 5.32 Å². The normalized spacial score (nSPS) is 15.6. The van der Waals surface area contributed by atoms with E-state index in [1.54, 1.807) is 48.5 Å². The predicted octanol–water partition coefficient (Wildman–Crippen LogP) is 7.35. The first-order chi connectivity index (χ1) is 17.9. The SMILES string of the molecule is CC1(C)CCC(C)(C)c2c(NC(=O)c3ccc(CF)cc3)cc(C(=O)C=Cc3ccc(C(=O)O)cc3)cc21. The largest absolute Gasteiger partial charge is 0.478 e. The van der Waals surface area contributed by atoms with Crippen molar-refractivity contribution in [3.8, 4) is 0 Å². The van der Waals surface area contributed by atoms with Crippen molar-refractivity contribution in [3.05, 3.63) is 106 Å². The number of benzene rings is 3. The van der Waals surface area contributed by atoms with Crippen LogP contribution in [0.15, 0.2) is 66.7 Å². The molecule has 0 saturated heterocycles. The van der Waals surface area contributed by atoms with Gasteiger partial charge in [0.15, 0.2) is 5.78 Å². The fraction of sp³-hybridized carbons (Fsp3) is 0.281. The smallest absolute Gasteiger partial charge is 0.335 e. The predicted molar refractivity (Wildman–Crippen MR) is 148 cm³/mol. The Kier molecular flexibility index (Phi) is 7.36. The minimum absolute atomic E-state index is 0.174. The summed E-state index contributed by atoms with van der Waals surface area (Å²) in [6, 6.07) is 16.3. The molecule has 0 fully saturated rings. The standard InChI is InChI=1S/C32H32FNO4/c1-31(2)15-16-32(3,4)28-25(31)17-24(27(35)14-9-20-5-12-23(13-6-20)30(37)38)18-26(28)34-29(36)22-10-7-21(19-33)8-11-22/h5-14,17-18H,15-16,19H2,1-4H3,(H,34,36)(H,37,38). The molecule has 3 aromatic rings. The second-order valence-electron chi connectivity index (χ2n) is 11.1. The fourth-order valence-electron chi connectivity index (χ4n) is 4.98. The molecule has 1 aliphatic rings. The molecular formula is C32H32FNO4. The van der Waals surface area contributed by atoms with Crippen LogP contribution >= 0.6 is 0 Å². The molecule has 0 heterocycles. The average molecular weight is 514 g/mol. The van der Waals surface area contributed by atoms with E-state index in [9.17, 15) is 18.8 Å². The maximum Gasteiger partial charge on any atom is 0.335 e. The van der Waals surface area contributed by atoms with Crippen molar-refractivity contribution in [1.29, 1.82) is 0 Å². The number of ketones is 1. The van der Waals surface area contributed by atoms with Crippen LogP contribution in [0.25, 0.3) is 6.08 Å². The Morgan fingerprint density at radius 1 is 0.868 bits per heavy atom. The van der Waals surface area contributed by atoms with E-state index in [1.165, 1.54) is 18.2 Å². The summed E-state index contributed by atoms with van der Waals surface area (Å²) in [5.74, 6) is -1.56. The molecule has 0 atom stereocenters. The van der Waals surface area contributed by atoms with Gasteiger partial charge >= 0.3 is 5.97 Å². The average Bonchev–Trinajstić information content (AvgIpc) is 2.89. The lowest BCUT2D eigenvalue weighted by molar-refractivity contribution is 0.0696. The number of carbonyl (C=O) groups is 3. The van der Waals surface area contributed by atoms with Crippen molar-refractivity contribution < 1.29 is 23.9 Å². The summed E-state index contributed by atoms with van der Waals surface area (Å²) in [7, 11) is 0. The Bertz CT molecular complexity index is 1420. The molecule has 1 amide bonds. The number of carboxylic acid groups (broad SMARTS) is 1.